The summed E-state index contributed by atoms with van der Waals surface area (Å²) in [6.45, 7) is 5.97. The molecule has 0 aliphatic rings. The minimum Gasteiger partial charge on any atom is -0.398 e. The number of thiocarbonyl (C=S) groups is 1. The van der Waals surface area contributed by atoms with E-state index in [9.17, 15) is 0 Å². The lowest BCUT2D eigenvalue weighted by molar-refractivity contribution is 0.741. The molecule has 1 rings (SSSR count). The molecule has 0 bridgehead atoms. The number of hydrogen-bond donors (Lipinski definition) is 2. The SMILES string of the molecule is Cc1cc(Cl)cc(C(=S)NC(C)C)c1N. The molecule has 82 valence electrons. The van der Waals surface area contributed by atoms with Crippen LogP contribution in [0.1, 0.15) is 25.0 Å². The standard InChI is InChI=1S/C11H15ClN2S/c1-6(2)14-11(15)9-5-8(12)4-7(3)10(9)13/h4-6H,13H2,1-3H3,(H,14,15). The number of nitrogens with two attached hydrogens (primary N) is 1. The fourth-order valence-corrected chi connectivity index (χ4v) is 1.96. The predicted molar refractivity (Wildman–Crippen MR) is 70.6 cm³/mol. The van der Waals surface area contributed by atoms with Gasteiger partial charge >= 0.3 is 0 Å². The van der Waals surface area contributed by atoms with Crippen LogP contribution in [0, 0.1) is 6.92 Å². The molecule has 0 atom stereocenters. The number of aryl methyl sites for hydroxylation is 1. The van der Waals surface area contributed by atoms with Crippen molar-refractivity contribution in [2.75, 3.05) is 5.73 Å². The number of hydrogen-bond acceptors (Lipinski definition) is 2. The van der Waals surface area contributed by atoms with Gasteiger partial charge in [0.15, 0.2) is 0 Å². The average Bonchev–Trinajstić information content (AvgIpc) is 2.09. The smallest absolute Gasteiger partial charge is 0.108 e. The van der Waals surface area contributed by atoms with Crippen LogP contribution in [0.4, 0.5) is 5.69 Å². The molecule has 1 aromatic carbocycles. The van der Waals surface area contributed by atoms with E-state index in [4.69, 9.17) is 29.6 Å². The maximum atomic E-state index is 5.96. The number of benzene rings is 1. The lowest BCUT2D eigenvalue weighted by Gasteiger charge is -2.14. The van der Waals surface area contributed by atoms with Crippen LogP contribution in [0.2, 0.25) is 5.02 Å². The molecular formula is C11H15ClN2S. The fourth-order valence-electron chi connectivity index (χ4n) is 1.28. The number of nitrogens with one attached hydrogen (secondary N) is 1. The Hall–Kier alpha value is -0.800. The molecular weight excluding hydrogens is 228 g/mol. The number of anilines is 1. The zero-order valence-electron chi connectivity index (χ0n) is 9.10. The average molecular weight is 243 g/mol. The first-order valence-electron chi connectivity index (χ1n) is 4.78. The van der Waals surface area contributed by atoms with Gasteiger partial charge < -0.3 is 11.1 Å². The Balaban J connectivity index is 3.08. The fraction of sp³-hybridized carbons (Fsp3) is 0.364. The third-order valence-electron chi connectivity index (χ3n) is 2.02. The minimum atomic E-state index is 0.288. The van der Waals surface area contributed by atoms with Crippen molar-refractivity contribution in [3.63, 3.8) is 0 Å². The third-order valence-corrected chi connectivity index (χ3v) is 2.57. The van der Waals surface area contributed by atoms with Crippen molar-refractivity contribution in [2.24, 2.45) is 0 Å². The van der Waals surface area contributed by atoms with Crippen LogP contribution in [-0.4, -0.2) is 11.0 Å². The van der Waals surface area contributed by atoms with Crippen molar-refractivity contribution in [2.45, 2.75) is 26.8 Å². The maximum absolute atomic E-state index is 5.96. The van der Waals surface area contributed by atoms with Crippen LogP contribution in [0.3, 0.4) is 0 Å². The van der Waals surface area contributed by atoms with Gasteiger partial charge in [-0.15, -0.1) is 0 Å². The van der Waals surface area contributed by atoms with Crippen molar-refractivity contribution >= 4 is 34.5 Å². The van der Waals surface area contributed by atoms with E-state index < -0.39 is 0 Å². The molecule has 0 radical (unpaired) electrons. The first kappa shape index (κ1) is 12.3. The molecule has 0 spiro atoms. The Morgan fingerprint density at radius 1 is 1.47 bits per heavy atom. The van der Waals surface area contributed by atoms with Crippen molar-refractivity contribution in [1.29, 1.82) is 0 Å². The topological polar surface area (TPSA) is 38.0 Å². The van der Waals surface area contributed by atoms with Crippen LogP contribution in [0.15, 0.2) is 12.1 Å². The minimum absolute atomic E-state index is 0.288. The van der Waals surface area contributed by atoms with Crippen LogP contribution >= 0.6 is 23.8 Å². The summed E-state index contributed by atoms with van der Waals surface area (Å²) >= 11 is 11.2. The van der Waals surface area contributed by atoms with E-state index in [2.05, 4.69) is 5.32 Å². The highest BCUT2D eigenvalue weighted by atomic mass is 35.5. The predicted octanol–water partition coefficient (Wildman–Crippen LogP) is 2.90. The lowest BCUT2D eigenvalue weighted by atomic mass is 10.1. The molecule has 3 N–H and O–H groups in total. The molecule has 0 saturated carbocycles. The van der Waals surface area contributed by atoms with Gasteiger partial charge in [-0.05, 0) is 38.5 Å². The second-order valence-electron chi connectivity index (χ2n) is 3.81. The number of rotatable bonds is 2. The Bertz CT molecular complexity index is 388. The summed E-state index contributed by atoms with van der Waals surface area (Å²) in [5.41, 5.74) is 8.39. The van der Waals surface area contributed by atoms with Gasteiger partial charge in [-0.1, -0.05) is 23.8 Å². The van der Waals surface area contributed by atoms with Crippen LogP contribution in [0.5, 0.6) is 0 Å². The van der Waals surface area contributed by atoms with E-state index in [1.807, 2.05) is 26.8 Å². The lowest BCUT2D eigenvalue weighted by Crippen LogP contribution is -2.30. The first-order chi connectivity index (χ1) is 6.91. The Morgan fingerprint density at radius 3 is 2.60 bits per heavy atom. The molecule has 0 unspecified atom stereocenters. The summed E-state index contributed by atoms with van der Waals surface area (Å²) in [6.07, 6.45) is 0. The highest BCUT2D eigenvalue weighted by Crippen LogP contribution is 2.23. The summed E-state index contributed by atoms with van der Waals surface area (Å²) in [4.78, 5) is 0.646. The van der Waals surface area contributed by atoms with Crippen molar-refractivity contribution < 1.29 is 0 Å². The molecule has 0 amide bonds. The molecule has 0 saturated heterocycles. The van der Waals surface area contributed by atoms with Crippen LogP contribution in [0.25, 0.3) is 0 Å². The maximum Gasteiger partial charge on any atom is 0.108 e. The number of nitrogen functional groups attached to an aromatic ring is 1. The van der Waals surface area contributed by atoms with Crippen LogP contribution < -0.4 is 11.1 Å². The zero-order chi connectivity index (χ0) is 11.6. The van der Waals surface area contributed by atoms with Gasteiger partial charge in [0.25, 0.3) is 0 Å². The highest BCUT2D eigenvalue weighted by molar-refractivity contribution is 7.80. The van der Waals surface area contributed by atoms with Crippen molar-refractivity contribution in [1.82, 2.24) is 5.32 Å². The molecule has 0 heterocycles. The molecule has 0 aliphatic carbocycles. The van der Waals surface area contributed by atoms with E-state index in [0.29, 0.717) is 15.7 Å². The van der Waals surface area contributed by atoms with Gasteiger partial charge in [-0.2, -0.15) is 0 Å². The summed E-state index contributed by atoms with van der Waals surface area (Å²) in [5, 5.41) is 3.80. The first-order valence-corrected chi connectivity index (χ1v) is 5.57. The van der Waals surface area contributed by atoms with E-state index in [1.165, 1.54) is 0 Å². The van der Waals surface area contributed by atoms with Gasteiger partial charge in [-0.3, -0.25) is 0 Å². The van der Waals surface area contributed by atoms with E-state index in [1.54, 1.807) is 6.07 Å². The monoisotopic (exact) mass is 242 g/mol. The zero-order valence-corrected chi connectivity index (χ0v) is 10.7. The Labute approximate surface area is 101 Å². The Kier molecular flexibility index (Phi) is 3.94. The third kappa shape index (κ3) is 3.08. The molecule has 1 aromatic rings. The molecule has 15 heavy (non-hydrogen) atoms. The summed E-state index contributed by atoms with van der Waals surface area (Å²) in [5.74, 6) is 0. The van der Waals surface area contributed by atoms with Gasteiger partial charge in [0, 0.05) is 22.3 Å². The van der Waals surface area contributed by atoms with Gasteiger partial charge in [0.05, 0.1) is 0 Å². The molecule has 0 aliphatic heterocycles. The van der Waals surface area contributed by atoms with Gasteiger partial charge in [-0.25, -0.2) is 0 Å². The second-order valence-corrected chi connectivity index (χ2v) is 4.66. The summed E-state index contributed by atoms with van der Waals surface area (Å²) in [7, 11) is 0. The molecule has 0 aromatic heterocycles. The highest BCUT2D eigenvalue weighted by Gasteiger charge is 2.09. The van der Waals surface area contributed by atoms with Crippen LogP contribution in [-0.2, 0) is 0 Å². The van der Waals surface area contributed by atoms with E-state index >= 15 is 0 Å². The van der Waals surface area contributed by atoms with Gasteiger partial charge in [0.1, 0.15) is 4.99 Å². The quantitative estimate of drug-likeness (QED) is 0.619. The van der Waals surface area contributed by atoms with Gasteiger partial charge in [0.2, 0.25) is 0 Å². The summed E-state index contributed by atoms with van der Waals surface area (Å²) < 4.78 is 0. The Morgan fingerprint density at radius 2 is 2.07 bits per heavy atom. The van der Waals surface area contributed by atoms with Crippen molar-refractivity contribution in [3.8, 4) is 0 Å². The number of halogens is 1. The largest absolute Gasteiger partial charge is 0.398 e. The van der Waals surface area contributed by atoms with E-state index in [0.717, 1.165) is 11.1 Å². The second kappa shape index (κ2) is 4.81. The molecule has 0 fully saturated rings. The normalized spacial score (nSPS) is 10.5. The van der Waals surface area contributed by atoms with Crippen molar-refractivity contribution in [3.05, 3.63) is 28.3 Å². The molecule has 4 heteroatoms. The summed E-state index contributed by atoms with van der Waals surface area (Å²) in [6, 6.07) is 3.91. The van der Waals surface area contributed by atoms with E-state index in [-0.39, 0.29) is 6.04 Å². The molecule has 2 nitrogen and oxygen atoms in total.